The fourth-order valence-electron chi connectivity index (χ4n) is 3.17. The molecule has 1 aromatic heterocycles. The number of benzene rings is 1. The highest BCUT2D eigenvalue weighted by atomic mass is 35.5. The Morgan fingerprint density at radius 2 is 2.00 bits per heavy atom. The maximum absolute atomic E-state index is 6.28. The molecule has 0 atom stereocenters. The zero-order valence-corrected chi connectivity index (χ0v) is 14.9. The van der Waals surface area contributed by atoms with E-state index in [2.05, 4.69) is 32.9 Å². The van der Waals surface area contributed by atoms with Gasteiger partial charge in [0.2, 0.25) is 5.88 Å². The third-order valence-electron chi connectivity index (χ3n) is 4.63. The lowest BCUT2D eigenvalue weighted by atomic mass is 10.0. The number of aromatic nitrogens is 2. The first kappa shape index (κ1) is 17.0. The summed E-state index contributed by atoms with van der Waals surface area (Å²) in [5.74, 6) is 1.55. The van der Waals surface area contributed by atoms with Crippen LogP contribution in [0.25, 0.3) is 0 Å². The molecule has 24 heavy (non-hydrogen) atoms. The Morgan fingerprint density at radius 3 is 2.71 bits per heavy atom. The second-order valence-electron chi connectivity index (χ2n) is 6.14. The highest BCUT2D eigenvalue weighted by molar-refractivity contribution is 6.31. The van der Waals surface area contributed by atoms with Crippen molar-refractivity contribution < 1.29 is 4.74 Å². The average Bonchev–Trinajstić information content (AvgIpc) is 2.64. The number of anilines is 1. The van der Waals surface area contributed by atoms with Crippen LogP contribution in [-0.2, 0) is 6.54 Å². The van der Waals surface area contributed by atoms with E-state index in [1.807, 2.05) is 24.3 Å². The molecular formula is C18H23ClN4O. The zero-order valence-electron chi connectivity index (χ0n) is 14.2. The van der Waals surface area contributed by atoms with Gasteiger partial charge in [0.1, 0.15) is 12.1 Å². The molecule has 0 N–H and O–H groups in total. The molecular weight excluding hydrogens is 324 g/mol. The van der Waals surface area contributed by atoms with Crippen molar-refractivity contribution >= 4 is 17.4 Å². The van der Waals surface area contributed by atoms with Gasteiger partial charge in [-0.1, -0.05) is 29.8 Å². The van der Waals surface area contributed by atoms with Gasteiger partial charge in [0.25, 0.3) is 0 Å². The standard InChI is InChI=1S/C18H23ClN4O/c1-22(12-14-5-3-4-6-16(14)19)15-7-9-23(10-8-15)17-11-18(24-2)21-13-20-17/h3-6,11,13,15H,7-10,12H2,1-2H3. The van der Waals surface area contributed by atoms with Crippen LogP contribution in [-0.4, -0.2) is 48.2 Å². The normalized spacial score (nSPS) is 15.8. The molecule has 1 saturated heterocycles. The van der Waals surface area contributed by atoms with E-state index in [1.54, 1.807) is 13.4 Å². The van der Waals surface area contributed by atoms with E-state index in [0.717, 1.165) is 43.3 Å². The van der Waals surface area contributed by atoms with Crippen molar-refractivity contribution in [1.29, 1.82) is 0 Å². The van der Waals surface area contributed by atoms with Crippen LogP contribution in [0.1, 0.15) is 18.4 Å². The lowest BCUT2D eigenvalue weighted by Gasteiger charge is -2.37. The molecule has 2 heterocycles. The van der Waals surface area contributed by atoms with Gasteiger partial charge in [0.05, 0.1) is 7.11 Å². The number of rotatable bonds is 5. The monoisotopic (exact) mass is 346 g/mol. The molecule has 0 aliphatic carbocycles. The minimum absolute atomic E-state index is 0.557. The number of hydrogen-bond acceptors (Lipinski definition) is 5. The number of ether oxygens (including phenoxy) is 1. The van der Waals surface area contributed by atoms with Crippen LogP contribution in [0, 0.1) is 0 Å². The van der Waals surface area contributed by atoms with E-state index >= 15 is 0 Å². The molecule has 0 radical (unpaired) electrons. The molecule has 0 amide bonds. The summed E-state index contributed by atoms with van der Waals surface area (Å²) in [7, 11) is 3.80. The summed E-state index contributed by atoms with van der Waals surface area (Å²) in [5, 5.41) is 0.842. The quantitative estimate of drug-likeness (QED) is 0.831. The molecule has 1 fully saturated rings. The molecule has 0 saturated carbocycles. The van der Waals surface area contributed by atoms with E-state index in [-0.39, 0.29) is 0 Å². The third-order valence-corrected chi connectivity index (χ3v) is 4.99. The van der Waals surface area contributed by atoms with Crippen LogP contribution in [0.5, 0.6) is 5.88 Å². The molecule has 1 aliphatic rings. The summed E-state index contributed by atoms with van der Waals surface area (Å²) in [6.45, 7) is 2.85. The summed E-state index contributed by atoms with van der Waals surface area (Å²) in [4.78, 5) is 13.1. The topological polar surface area (TPSA) is 41.5 Å². The van der Waals surface area contributed by atoms with Crippen LogP contribution in [0.2, 0.25) is 5.02 Å². The van der Waals surface area contributed by atoms with E-state index < -0.39 is 0 Å². The molecule has 2 aromatic rings. The number of methoxy groups -OCH3 is 1. The summed E-state index contributed by atoms with van der Waals surface area (Å²) < 4.78 is 5.18. The first-order chi connectivity index (χ1) is 11.7. The highest BCUT2D eigenvalue weighted by Crippen LogP contribution is 2.24. The Labute approximate surface area is 148 Å². The van der Waals surface area contributed by atoms with Crippen molar-refractivity contribution in [2.24, 2.45) is 0 Å². The lowest BCUT2D eigenvalue weighted by molar-refractivity contribution is 0.200. The lowest BCUT2D eigenvalue weighted by Crippen LogP contribution is -2.43. The molecule has 0 unspecified atom stereocenters. The Morgan fingerprint density at radius 1 is 1.25 bits per heavy atom. The Balaban J connectivity index is 1.57. The van der Waals surface area contributed by atoms with Gasteiger partial charge in [0.15, 0.2) is 0 Å². The zero-order chi connectivity index (χ0) is 16.9. The first-order valence-corrected chi connectivity index (χ1v) is 8.60. The van der Waals surface area contributed by atoms with E-state index in [1.165, 1.54) is 5.56 Å². The predicted octanol–water partition coefficient (Wildman–Crippen LogP) is 3.24. The second-order valence-corrected chi connectivity index (χ2v) is 6.55. The molecule has 1 aliphatic heterocycles. The predicted molar refractivity (Wildman–Crippen MR) is 96.7 cm³/mol. The van der Waals surface area contributed by atoms with Gasteiger partial charge in [-0.25, -0.2) is 9.97 Å². The van der Waals surface area contributed by atoms with Gasteiger partial charge < -0.3 is 9.64 Å². The smallest absolute Gasteiger partial charge is 0.218 e. The van der Waals surface area contributed by atoms with E-state index in [0.29, 0.717) is 11.9 Å². The van der Waals surface area contributed by atoms with Gasteiger partial charge in [0, 0.05) is 36.8 Å². The molecule has 5 nitrogen and oxygen atoms in total. The van der Waals surface area contributed by atoms with Gasteiger partial charge in [-0.15, -0.1) is 0 Å². The fourth-order valence-corrected chi connectivity index (χ4v) is 3.37. The summed E-state index contributed by atoms with van der Waals surface area (Å²) in [5.41, 5.74) is 1.18. The van der Waals surface area contributed by atoms with Crippen LogP contribution in [0.15, 0.2) is 36.7 Å². The van der Waals surface area contributed by atoms with Gasteiger partial charge >= 0.3 is 0 Å². The molecule has 6 heteroatoms. The summed E-state index contributed by atoms with van der Waals surface area (Å²) in [6, 6.07) is 10.5. The van der Waals surface area contributed by atoms with Gasteiger partial charge in [-0.2, -0.15) is 0 Å². The second kappa shape index (κ2) is 7.81. The SMILES string of the molecule is COc1cc(N2CCC(N(C)Cc3ccccc3Cl)CC2)ncn1. The molecule has 1 aromatic carbocycles. The van der Waals surface area contributed by atoms with Gasteiger partial charge in [-0.05, 0) is 31.5 Å². The molecule has 0 spiro atoms. The maximum atomic E-state index is 6.28. The van der Waals surface area contributed by atoms with Crippen molar-refractivity contribution in [3.63, 3.8) is 0 Å². The minimum Gasteiger partial charge on any atom is -0.481 e. The Kier molecular flexibility index (Phi) is 5.53. The highest BCUT2D eigenvalue weighted by Gasteiger charge is 2.23. The number of hydrogen-bond donors (Lipinski definition) is 0. The van der Waals surface area contributed by atoms with Crippen LogP contribution < -0.4 is 9.64 Å². The van der Waals surface area contributed by atoms with Crippen LogP contribution in [0.4, 0.5) is 5.82 Å². The molecule has 3 rings (SSSR count). The number of piperidine rings is 1. The first-order valence-electron chi connectivity index (χ1n) is 8.22. The largest absolute Gasteiger partial charge is 0.481 e. The Bertz CT molecular complexity index is 674. The maximum Gasteiger partial charge on any atom is 0.218 e. The Hall–Kier alpha value is -1.85. The average molecular weight is 347 g/mol. The third kappa shape index (κ3) is 3.97. The fraction of sp³-hybridized carbons (Fsp3) is 0.444. The number of nitrogens with zero attached hydrogens (tertiary/aromatic N) is 4. The minimum atomic E-state index is 0.557. The van der Waals surface area contributed by atoms with Crippen molar-refractivity contribution in [3.05, 3.63) is 47.2 Å². The summed E-state index contributed by atoms with van der Waals surface area (Å²) >= 11 is 6.28. The van der Waals surface area contributed by atoms with Crippen LogP contribution >= 0.6 is 11.6 Å². The van der Waals surface area contributed by atoms with Crippen molar-refractivity contribution in [1.82, 2.24) is 14.9 Å². The summed E-state index contributed by atoms with van der Waals surface area (Å²) in [6.07, 6.45) is 3.77. The number of halogens is 1. The molecule has 0 bridgehead atoms. The van der Waals surface area contributed by atoms with Crippen molar-refractivity contribution in [3.8, 4) is 5.88 Å². The molecule has 128 valence electrons. The van der Waals surface area contributed by atoms with Crippen molar-refractivity contribution in [2.45, 2.75) is 25.4 Å². The van der Waals surface area contributed by atoms with Crippen molar-refractivity contribution in [2.75, 3.05) is 32.1 Å². The van der Waals surface area contributed by atoms with E-state index in [4.69, 9.17) is 16.3 Å². The van der Waals surface area contributed by atoms with Crippen LogP contribution in [0.3, 0.4) is 0 Å². The van der Waals surface area contributed by atoms with E-state index in [9.17, 15) is 0 Å². The van der Waals surface area contributed by atoms with Gasteiger partial charge in [-0.3, -0.25) is 4.90 Å².